The highest BCUT2D eigenvalue weighted by atomic mass is 32.2. The first-order chi connectivity index (χ1) is 8.45. The molecule has 1 aliphatic rings. The van der Waals surface area contributed by atoms with Crippen LogP contribution in [0.5, 0.6) is 0 Å². The van der Waals surface area contributed by atoms with Crippen molar-refractivity contribution in [2.45, 2.75) is 25.8 Å². The summed E-state index contributed by atoms with van der Waals surface area (Å²) in [5.74, 6) is 0. The van der Waals surface area contributed by atoms with Crippen molar-refractivity contribution in [3.05, 3.63) is 29.3 Å². The van der Waals surface area contributed by atoms with Gasteiger partial charge in [0.15, 0.2) is 0 Å². The molecule has 0 aromatic heterocycles. The topological polar surface area (TPSA) is 75.4 Å². The van der Waals surface area contributed by atoms with Crippen molar-refractivity contribution >= 4 is 15.9 Å². The van der Waals surface area contributed by atoms with Crippen molar-refractivity contribution in [1.29, 1.82) is 0 Å². The number of aryl methyl sites for hydroxylation is 1. The predicted molar refractivity (Wildman–Crippen MR) is 72.7 cm³/mol. The van der Waals surface area contributed by atoms with Gasteiger partial charge in [-0.25, -0.2) is 4.72 Å². The standard InChI is InChI=1S/C12H19N3O2S/c1-9(13)10-5-6-12-11(8-10)4-3-7-15(12)18(16,17)14-2/h5-6,8-9,14H,3-4,7,13H2,1-2H3. The summed E-state index contributed by atoms with van der Waals surface area (Å²) in [6, 6.07) is 5.72. The highest BCUT2D eigenvalue weighted by molar-refractivity contribution is 7.90. The zero-order valence-electron chi connectivity index (χ0n) is 10.7. The van der Waals surface area contributed by atoms with Crippen LogP contribution in [0.4, 0.5) is 5.69 Å². The molecule has 0 bridgehead atoms. The number of anilines is 1. The number of fused-ring (bicyclic) bond motifs is 1. The molecule has 1 aromatic rings. The summed E-state index contributed by atoms with van der Waals surface area (Å²) in [6.45, 7) is 2.44. The lowest BCUT2D eigenvalue weighted by Gasteiger charge is -2.30. The molecule has 6 heteroatoms. The molecule has 100 valence electrons. The highest BCUT2D eigenvalue weighted by Gasteiger charge is 2.26. The minimum Gasteiger partial charge on any atom is -0.324 e. The van der Waals surface area contributed by atoms with Gasteiger partial charge in [-0.2, -0.15) is 8.42 Å². The van der Waals surface area contributed by atoms with Crippen LogP contribution < -0.4 is 14.8 Å². The fraction of sp³-hybridized carbons (Fsp3) is 0.500. The van der Waals surface area contributed by atoms with Gasteiger partial charge in [-0.05, 0) is 37.0 Å². The van der Waals surface area contributed by atoms with Crippen LogP contribution in [0.2, 0.25) is 0 Å². The van der Waals surface area contributed by atoms with Gasteiger partial charge in [0.2, 0.25) is 0 Å². The van der Waals surface area contributed by atoms with E-state index in [-0.39, 0.29) is 6.04 Å². The van der Waals surface area contributed by atoms with Gasteiger partial charge in [0.05, 0.1) is 5.69 Å². The Labute approximate surface area is 108 Å². The summed E-state index contributed by atoms with van der Waals surface area (Å²) in [5.41, 5.74) is 8.70. The van der Waals surface area contributed by atoms with Gasteiger partial charge in [0.1, 0.15) is 0 Å². The first kappa shape index (κ1) is 13.3. The molecule has 3 N–H and O–H groups in total. The number of benzene rings is 1. The minimum atomic E-state index is -3.42. The smallest absolute Gasteiger partial charge is 0.301 e. The normalized spacial score (nSPS) is 17.4. The zero-order chi connectivity index (χ0) is 13.3. The molecule has 0 aliphatic carbocycles. The van der Waals surface area contributed by atoms with Crippen molar-refractivity contribution in [2.75, 3.05) is 17.9 Å². The first-order valence-corrected chi connectivity index (χ1v) is 7.49. The molecule has 18 heavy (non-hydrogen) atoms. The van der Waals surface area contributed by atoms with Crippen LogP contribution in [0.15, 0.2) is 18.2 Å². The average molecular weight is 269 g/mol. The molecule has 0 saturated carbocycles. The van der Waals surface area contributed by atoms with E-state index in [0.29, 0.717) is 6.54 Å². The fourth-order valence-electron chi connectivity index (χ4n) is 2.23. The monoisotopic (exact) mass is 269 g/mol. The molecule has 0 radical (unpaired) electrons. The largest absolute Gasteiger partial charge is 0.324 e. The van der Waals surface area contributed by atoms with E-state index in [4.69, 9.17) is 5.73 Å². The Bertz CT molecular complexity index is 540. The van der Waals surface area contributed by atoms with Crippen molar-refractivity contribution in [1.82, 2.24) is 4.72 Å². The summed E-state index contributed by atoms with van der Waals surface area (Å²) in [7, 11) is -1.99. The van der Waals surface area contributed by atoms with Crippen molar-refractivity contribution in [3.63, 3.8) is 0 Å². The van der Waals surface area contributed by atoms with E-state index >= 15 is 0 Å². The Kier molecular flexibility index (Phi) is 3.61. The quantitative estimate of drug-likeness (QED) is 0.857. The van der Waals surface area contributed by atoms with E-state index in [9.17, 15) is 8.42 Å². The van der Waals surface area contributed by atoms with Crippen molar-refractivity contribution < 1.29 is 8.42 Å². The minimum absolute atomic E-state index is 0.0356. The number of hydrogen-bond acceptors (Lipinski definition) is 3. The molecule has 1 atom stereocenters. The van der Waals surface area contributed by atoms with Crippen molar-refractivity contribution in [3.8, 4) is 0 Å². The van der Waals surface area contributed by atoms with E-state index in [1.807, 2.05) is 25.1 Å². The predicted octanol–water partition coefficient (Wildman–Crippen LogP) is 0.923. The molecule has 0 fully saturated rings. The Hall–Kier alpha value is -1.11. The van der Waals surface area contributed by atoms with Crippen LogP contribution in [0.3, 0.4) is 0 Å². The maximum Gasteiger partial charge on any atom is 0.301 e. The van der Waals surface area contributed by atoms with Gasteiger partial charge in [-0.1, -0.05) is 12.1 Å². The fourth-order valence-corrected chi connectivity index (χ4v) is 3.25. The molecule has 2 rings (SSSR count). The van der Waals surface area contributed by atoms with Gasteiger partial charge in [-0.3, -0.25) is 4.31 Å². The van der Waals surface area contributed by atoms with Crippen LogP contribution >= 0.6 is 0 Å². The van der Waals surface area contributed by atoms with Gasteiger partial charge in [-0.15, -0.1) is 0 Å². The van der Waals surface area contributed by atoms with E-state index in [0.717, 1.165) is 29.7 Å². The van der Waals surface area contributed by atoms with E-state index in [2.05, 4.69) is 4.72 Å². The second-order valence-corrected chi connectivity index (χ2v) is 6.36. The molecule has 1 aliphatic heterocycles. The molecule has 0 spiro atoms. The summed E-state index contributed by atoms with van der Waals surface area (Å²) in [5, 5.41) is 0. The van der Waals surface area contributed by atoms with Crippen LogP contribution in [0.1, 0.15) is 30.5 Å². The summed E-state index contributed by atoms with van der Waals surface area (Å²) in [6.07, 6.45) is 1.72. The van der Waals surface area contributed by atoms with Crippen molar-refractivity contribution in [2.24, 2.45) is 5.73 Å². The molecular weight excluding hydrogens is 250 g/mol. The Morgan fingerprint density at radius 1 is 1.44 bits per heavy atom. The maximum absolute atomic E-state index is 11.9. The Morgan fingerprint density at radius 2 is 2.17 bits per heavy atom. The lowest BCUT2D eigenvalue weighted by molar-refractivity contribution is 0.578. The maximum atomic E-state index is 11.9. The average Bonchev–Trinajstić information content (AvgIpc) is 2.37. The lowest BCUT2D eigenvalue weighted by Crippen LogP contribution is -2.42. The third-order valence-electron chi connectivity index (χ3n) is 3.25. The molecule has 0 saturated heterocycles. The second-order valence-electron chi connectivity index (χ2n) is 4.56. The van der Waals surface area contributed by atoms with Gasteiger partial charge >= 0.3 is 10.2 Å². The third-order valence-corrected chi connectivity index (χ3v) is 4.73. The number of nitrogens with zero attached hydrogens (tertiary/aromatic N) is 1. The zero-order valence-corrected chi connectivity index (χ0v) is 11.5. The Morgan fingerprint density at radius 3 is 2.78 bits per heavy atom. The second kappa shape index (κ2) is 4.87. The lowest BCUT2D eigenvalue weighted by atomic mass is 9.98. The van der Waals surface area contributed by atoms with E-state index < -0.39 is 10.2 Å². The summed E-state index contributed by atoms with van der Waals surface area (Å²) >= 11 is 0. The number of nitrogens with one attached hydrogen (secondary N) is 1. The van der Waals surface area contributed by atoms with Crippen LogP contribution in [-0.4, -0.2) is 22.0 Å². The van der Waals surface area contributed by atoms with E-state index in [1.165, 1.54) is 11.4 Å². The summed E-state index contributed by atoms with van der Waals surface area (Å²) in [4.78, 5) is 0. The molecule has 1 unspecified atom stereocenters. The van der Waals surface area contributed by atoms with Gasteiger partial charge in [0, 0.05) is 19.6 Å². The number of hydrogen-bond donors (Lipinski definition) is 2. The molecule has 5 nitrogen and oxygen atoms in total. The first-order valence-electron chi connectivity index (χ1n) is 6.05. The molecule has 1 aromatic carbocycles. The van der Waals surface area contributed by atoms with Crippen LogP contribution in [-0.2, 0) is 16.6 Å². The molecule has 0 amide bonds. The number of rotatable bonds is 3. The van der Waals surface area contributed by atoms with Gasteiger partial charge in [0.25, 0.3) is 0 Å². The summed E-state index contributed by atoms with van der Waals surface area (Å²) < 4.78 is 27.6. The number of nitrogens with two attached hydrogens (primary N) is 1. The highest BCUT2D eigenvalue weighted by Crippen LogP contribution is 2.30. The van der Waals surface area contributed by atoms with Crippen LogP contribution in [0.25, 0.3) is 0 Å². The van der Waals surface area contributed by atoms with Crippen LogP contribution in [0, 0.1) is 0 Å². The Balaban J connectivity index is 2.45. The molecular formula is C12H19N3O2S. The van der Waals surface area contributed by atoms with Gasteiger partial charge < -0.3 is 5.73 Å². The third kappa shape index (κ3) is 2.36. The van der Waals surface area contributed by atoms with E-state index in [1.54, 1.807) is 0 Å². The molecule has 1 heterocycles. The SMILES string of the molecule is CNS(=O)(=O)N1CCCc2cc(C(C)N)ccc21.